The maximum absolute atomic E-state index is 14.0. The van der Waals surface area contributed by atoms with Gasteiger partial charge in [0.25, 0.3) is 5.91 Å². The van der Waals surface area contributed by atoms with Crippen molar-refractivity contribution >= 4 is 34.5 Å². The summed E-state index contributed by atoms with van der Waals surface area (Å²) in [7, 11) is 0. The van der Waals surface area contributed by atoms with Crippen LogP contribution in [0.4, 0.5) is 11.8 Å². The van der Waals surface area contributed by atoms with E-state index in [9.17, 15) is 9.59 Å². The van der Waals surface area contributed by atoms with E-state index in [-0.39, 0.29) is 34.9 Å². The average molecular weight is 554 g/mol. The van der Waals surface area contributed by atoms with Crippen LogP contribution >= 0.6 is 0 Å². The van der Waals surface area contributed by atoms with E-state index in [1.807, 2.05) is 47.4 Å². The minimum absolute atomic E-state index is 0.0130. The van der Waals surface area contributed by atoms with Crippen LogP contribution in [0.5, 0.6) is 0 Å². The molecule has 0 aliphatic carbocycles. The topological polar surface area (TPSA) is 91.6 Å². The lowest BCUT2D eigenvalue weighted by atomic mass is 9.90. The molecular formula is C33H39N5O3. The molecule has 8 nitrogen and oxygen atoms in total. The molecule has 0 bridgehead atoms. The lowest BCUT2D eigenvalue weighted by Crippen LogP contribution is -2.44. The second kappa shape index (κ2) is 12.1. The molecule has 1 N–H and O–H groups in total. The third-order valence-electron chi connectivity index (χ3n) is 7.53. The smallest absolute Gasteiger partial charge is 0.295 e. The number of anilines is 2. The molecule has 41 heavy (non-hydrogen) atoms. The minimum Gasteiger partial charge on any atom is -0.451 e. The molecule has 0 spiro atoms. The van der Waals surface area contributed by atoms with Gasteiger partial charge in [0.15, 0.2) is 5.76 Å². The summed E-state index contributed by atoms with van der Waals surface area (Å²) >= 11 is 0. The normalized spacial score (nSPS) is 15.1. The summed E-state index contributed by atoms with van der Waals surface area (Å²) in [5.41, 5.74) is 1.74. The molecule has 2 aromatic carbocycles. The van der Waals surface area contributed by atoms with Gasteiger partial charge in [0.1, 0.15) is 11.4 Å². The van der Waals surface area contributed by atoms with Gasteiger partial charge in [0.05, 0.1) is 6.04 Å². The fraction of sp³-hybridized carbons (Fsp3) is 0.394. The number of carbonyl (C=O) groups is 2. The van der Waals surface area contributed by atoms with Crippen molar-refractivity contribution < 1.29 is 14.0 Å². The van der Waals surface area contributed by atoms with E-state index in [1.165, 1.54) is 0 Å². The van der Waals surface area contributed by atoms with Crippen molar-refractivity contribution in [1.29, 1.82) is 0 Å². The van der Waals surface area contributed by atoms with Gasteiger partial charge >= 0.3 is 0 Å². The highest BCUT2D eigenvalue weighted by Crippen LogP contribution is 2.28. The quantitative estimate of drug-likeness (QED) is 0.261. The average Bonchev–Trinajstić information content (AvgIpc) is 3.40. The highest BCUT2D eigenvalue weighted by Gasteiger charge is 2.30. The Kier molecular flexibility index (Phi) is 8.38. The molecule has 4 aromatic rings. The number of likely N-dealkylation sites (tertiary alicyclic amines) is 1. The van der Waals surface area contributed by atoms with Crippen LogP contribution in [0.15, 0.2) is 77.3 Å². The monoisotopic (exact) mass is 553 g/mol. The number of nitrogens with zero attached hydrogens (tertiary/aromatic N) is 4. The van der Waals surface area contributed by atoms with E-state index in [0.717, 1.165) is 23.8 Å². The van der Waals surface area contributed by atoms with Gasteiger partial charge < -0.3 is 14.6 Å². The number of fused-ring (bicyclic) bond motifs is 1. The molecule has 3 heterocycles. The number of hydrogen-bond donors (Lipinski definition) is 1. The summed E-state index contributed by atoms with van der Waals surface area (Å²) in [6, 6.07) is 21.2. The van der Waals surface area contributed by atoms with Crippen molar-refractivity contribution in [3.05, 3.63) is 84.3 Å². The Morgan fingerprint density at radius 1 is 1.05 bits per heavy atom. The molecule has 1 fully saturated rings. The molecule has 1 aliphatic rings. The Morgan fingerprint density at radius 2 is 1.76 bits per heavy atom. The molecule has 214 valence electrons. The van der Waals surface area contributed by atoms with Crippen LogP contribution in [-0.2, 0) is 4.79 Å². The van der Waals surface area contributed by atoms with Gasteiger partial charge in [-0.2, -0.15) is 4.98 Å². The van der Waals surface area contributed by atoms with Crippen LogP contribution in [0.2, 0.25) is 0 Å². The Balaban J connectivity index is 1.36. The molecular weight excluding hydrogens is 514 g/mol. The van der Waals surface area contributed by atoms with Gasteiger partial charge in [-0.25, -0.2) is 4.98 Å². The fourth-order valence-corrected chi connectivity index (χ4v) is 5.28. The lowest BCUT2D eigenvalue weighted by Gasteiger charge is -2.35. The van der Waals surface area contributed by atoms with E-state index in [0.29, 0.717) is 43.4 Å². The van der Waals surface area contributed by atoms with Gasteiger partial charge in [-0.3, -0.25) is 14.5 Å². The van der Waals surface area contributed by atoms with Crippen molar-refractivity contribution in [2.75, 3.05) is 29.9 Å². The Hall–Kier alpha value is -4.20. The summed E-state index contributed by atoms with van der Waals surface area (Å²) in [5, 5.41) is 4.24. The molecule has 5 rings (SSSR count). The number of hydrogen-bond acceptors (Lipinski definition) is 6. The third-order valence-corrected chi connectivity index (χ3v) is 7.53. The molecule has 0 radical (unpaired) electrons. The van der Waals surface area contributed by atoms with Crippen molar-refractivity contribution in [2.45, 2.75) is 53.0 Å². The number of nitrogens with one attached hydrogen (secondary N) is 1. The number of benzene rings is 2. The van der Waals surface area contributed by atoms with Crippen LogP contribution in [0.1, 0.15) is 69.1 Å². The van der Waals surface area contributed by atoms with Gasteiger partial charge in [-0.15, -0.1) is 0 Å². The predicted octanol–water partition coefficient (Wildman–Crippen LogP) is 6.72. The second-order valence-corrected chi connectivity index (χ2v) is 12.1. The Labute approximate surface area is 241 Å². The first-order valence-corrected chi connectivity index (χ1v) is 14.4. The first kappa shape index (κ1) is 28.3. The first-order valence-electron chi connectivity index (χ1n) is 14.4. The largest absolute Gasteiger partial charge is 0.451 e. The van der Waals surface area contributed by atoms with Crippen molar-refractivity contribution in [3.63, 3.8) is 0 Å². The second-order valence-electron chi connectivity index (χ2n) is 12.1. The number of furan rings is 1. The zero-order valence-corrected chi connectivity index (χ0v) is 24.3. The number of carbonyl (C=O) groups excluding carboxylic acids is 2. The van der Waals surface area contributed by atoms with E-state index in [4.69, 9.17) is 9.40 Å². The summed E-state index contributed by atoms with van der Waals surface area (Å²) in [6.07, 6.45) is 3.85. The minimum atomic E-state index is -0.242. The van der Waals surface area contributed by atoms with E-state index < -0.39 is 0 Å². The van der Waals surface area contributed by atoms with Crippen molar-refractivity contribution in [1.82, 2.24) is 14.9 Å². The number of rotatable bonds is 8. The molecule has 0 saturated carbocycles. The number of amides is 2. The predicted molar refractivity (Wildman–Crippen MR) is 162 cm³/mol. The van der Waals surface area contributed by atoms with Crippen LogP contribution < -0.4 is 10.2 Å². The summed E-state index contributed by atoms with van der Waals surface area (Å²) in [6.45, 7) is 10.2. The molecule has 0 unspecified atom stereocenters. The number of aromatic nitrogens is 2. The van der Waals surface area contributed by atoms with Crippen molar-refractivity contribution in [3.8, 4) is 0 Å². The number of piperidine rings is 1. The SMILES string of the molecule is C[C@H](Nc1nccc(N(CC2CCN(C(=O)CC(C)(C)C)CC2)C(=O)c2cc3ccccc3o2)n1)c1ccccc1. The maximum Gasteiger partial charge on any atom is 0.295 e. The van der Waals surface area contributed by atoms with E-state index >= 15 is 0 Å². The molecule has 1 atom stereocenters. The Bertz CT molecular complexity index is 1450. The highest BCUT2D eigenvalue weighted by atomic mass is 16.3. The van der Waals surface area contributed by atoms with Crippen LogP contribution in [-0.4, -0.2) is 46.3 Å². The number of para-hydroxylation sites is 1. The van der Waals surface area contributed by atoms with Crippen LogP contribution in [0.3, 0.4) is 0 Å². The summed E-state index contributed by atoms with van der Waals surface area (Å²) in [4.78, 5) is 39.6. The van der Waals surface area contributed by atoms with E-state index in [2.05, 4.69) is 50.1 Å². The standard InChI is InChI=1S/C33H39N5O3/c1-23(25-10-6-5-7-11-25)35-32-34-17-14-29(36-32)38(31(40)28-20-26-12-8-9-13-27(26)41-28)22-24-15-18-37(19-16-24)30(39)21-33(2,3)4/h5-14,17,20,23-24H,15-16,18-19,21-22H2,1-4H3,(H,34,35,36)/t23-/m0/s1. The maximum atomic E-state index is 14.0. The van der Waals surface area contributed by atoms with Crippen LogP contribution in [0.25, 0.3) is 11.0 Å². The fourth-order valence-electron chi connectivity index (χ4n) is 5.28. The lowest BCUT2D eigenvalue weighted by molar-refractivity contribution is -0.134. The van der Waals surface area contributed by atoms with Gasteiger partial charge in [-0.1, -0.05) is 69.3 Å². The third kappa shape index (κ3) is 7.12. The summed E-state index contributed by atoms with van der Waals surface area (Å²) < 4.78 is 5.97. The summed E-state index contributed by atoms with van der Waals surface area (Å²) in [5.74, 6) is 1.41. The van der Waals surface area contributed by atoms with Gasteiger partial charge in [0.2, 0.25) is 11.9 Å². The zero-order chi connectivity index (χ0) is 29.0. The molecule has 1 aliphatic heterocycles. The van der Waals surface area contributed by atoms with Gasteiger partial charge in [0, 0.05) is 37.6 Å². The molecule has 8 heteroatoms. The van der Waals surface area contributed by atoms with Gasteiger partial charge in [-0.05, 0) is 54.9 Å². The molecule has 2 aromatic heterocycles. The van der Waals surface area contributed by atoms with E-state index in [1.54, 1.807) is 23.2 Å². The zero-order valence-electron chi connectivity index (χ0n) is 24.3. The Morgan fingerprint density at radius 3 is 2.46 bits per heavy atom. The molecule has 2 amide bonds. The molecule has 1 saturated heterocycles. The van der Waals surface area contributed by atoms with Crippen LogP contribution in [0, 0.1) is 11.3 Å². The first-order chi connectivity index (χ1) is 19.7. The van der Waals surface area contributed by atoms with Crippen molar-refractivity contribution in [2.24, 2.45) is 11.3 Å². The highest BCUT2D eigenvalue weighted by molar-refractivity contribution is 6.05.